The van der Waals surface area contributed by atoms with E-state index >= 15 is 0 Å². The molecule has 0 aromatic heterocycles. The molecule has 3 rings (SSSR count). The molecule has 132 valence electrons. The van der Waals surface area contributed by atoms with Crippen molar-refractivity contribution >= 4 is 11.8 Å². The van der Waals surface area contributed by atoms with E-state index in [1.54, 1.807) is 51.1 Å². The second-order valence-electron chi connectivity index (χ2n) is 7.15. The van der Waals surface area contributed by atoms with Crippen LogP contribution >= 0.6 is 0 Å². The molecule has 5 heteroatoms. The van der Waals surface area contributed by atoms with Gasteiger partial charge in [-0.2, -0.15) is 13.2 Å². The Hall–Kier alpha value is -2.30. The molecule has 0 N–H and O–H groups in total. The lowest BCUT2D eigenvalue weighted by molar-refractivity contribution is -0.187. The topological polar surface area (TPSA) is 3.24 Å². The van der Waals surface area contributed by atoms with E-state index in [-0.39, 0.29) is 11.1 Å². The molecule has 0 spiro atoms. The zero-order valence-corrected chi connectivity index (χ0v) is 14.2. The van der Waals surface area contributed by atoms with Gasteiger partial charge in [0.15, 0.2) is 6.04 Å². The number of halogens is 4. The van der Waals surface area contributed by atoms with Crippen molar-refractivity contribution in [1.29, 1.82) is 0 Å². The first-order valence-corrected chi connectivity index (χ1v) is 8.01. The molecular weight excluding hydrogens is 330 g/mol. The molecule has 1 aliphatic rings. The van der Waals surface area contributed by atoms with Crippen molar-refractivity contribution in [3.8, 4) is 0 Å². The molecule has 0 aliphatic carbocycles. The Labute approximate surface area is 144 Å². The molecule has 1 atom stereocenters. The number of hydrogen-bond acceptors (Lipinski definition) is 1. The second kappa shape index (κ2) is 5.90. The Bertz CT molecular complexity index is 801. The minimum absolute atomic E-state index is 0.0727. The SMILES string of the molecule is CC(C)(C)N1C(c2ccccc2)=Cc2cc(F)ccc2C1C(F)(F)F. The highest BCUT2D eigenvalue weighted by molar-refractivity contribution is 5.84. The molecule has 1 unspecified atom stereocenters. The summed E-state index contributed by atoms with van der Waals surface area (Å²) >= 11 is 0. The van der Waals surface area contributed by atoms with Crippen LogP contribution in [0.2, 0.25) is 0 Å². The van der Waals surface area contributed by atoms with Gasteiger partial charge in [-0.3, -0.25) is 0 Å². The van der Waals surface area contributed by atoms with Crippen LogP contribution < -0.4 is 0 Å². The van der Waals surface area contributed by atoms with Crippen LogP contribution in [0.4, 0.5) is 17.6 Å². The summed E-state index contributed by atoms with van der Waals surface area (Å²) in [5.74, 6) is -0.549. The summed E-state index contributed by atoms with van der Waals surface area (Å²) in [6.45, 7) is 5.24. The number of hydrogen-bond donors (Lipinski definition) is 0. The van der Waals surface area contributed by atoms with E-state index in [1.165, 1.54) is 11.0 Å². The highest BCUT2D eigenvalue weighted by atomic mass is 19.4. The molecule has 1 nitrogen and oxygen atoms in total. The van der Waals surface area contributed by atoms with E-state index in [9.17, 15) is 17.6 Å². The fraction of sp³-hybridized carbons (Fsp3) is 0.300. The lowest BCUT2D eigenvalue weighted by atomic mass is 9.87. The summed E-state index contributed by atoms with van der Waals surface area (Å²) in [5.41, 5.74) is 0.661. The third-order valence-corrected chi connectivity index (χ3v) is 4.26. The van der Waals surface area contributed by atoms with Gasteiger partial charge >= 0.3 is 6.18 Å². The molecule has 0 radical (unpaired) electrons. The predicted molar refractivity (Wildman–Crippen MR) is 91.1 cm³/mol. The van der Waals surface area contributed by atoms with E-state index in [0.29, 0.717) is 11.3 Å². The van der Waals surface area contributed by atoms with Gasteiger partial charge in [0.2, 0.25) is 0 Å². The fourth-order valence-corrected chi connectivity index (χ4v) is 3.32. The highest BCUT2D eigenvalue weighted by Gasteiger charge is 2.51. The normalized spacial score (nSPS) is 18.0. The Morgan fingerprint density at radius 2 is 1.56 bits per heavy atom. The lowest BCUT2D eigenvalue weighted by Gasteiger charge is -2.48. The van der Waals surface area contributed by atoms with Crippen molar-refractivity contribution in [3.05, 3.63) is 71.0 Å². The summed E-state index contributed by atoms with van der Waals surface area (Å²) in [4.78, 5) is 1.38. The van der Waals surface area contributed by atoms with Crippen LogP contribution in [0.3, 0.4) is 0 Å². The molecular formula is C20H19F4N. The minimum atomic E-state index is -4.49. The maximum absolute atomic E-state index is 14.0. The zero-order valence-electron chi connectivity index (χ0n) is 14.2. The number of fused-ring (bicyclic) bond motifs is 1. The van der Waals surface area contributed by atoms with Crippen molar-refractivity contribution in [3.63, 3.8) is 0 Å². The van der Waals surface area contributed by atoms with Crippen molar-refractivity contribution < 1.29 is 17.6 Å². The van der Waals surface area contributed by atoms with Crippen LogP contribution in [0.25, 0.3) is 11.8 Å². The van der Waals surface area contributed by atoms with Crippen molar-refractivity contribution in [1.82, 2.24) is 4.90 Å². The lowest BCUT2D eigenvalue weighted by Crippen LogP contribution is -2.49. The maximum atomic E-state index is 14.0. The average Bonchev–Trinajstić information content (AvgIpc) is 2.51. The van der Waals surface area contributed by atoms with Gasteiger partial charge < -0.3 is 4.90 Å². The van der Waals surface area contributed by atoms with Crippen LogP contribution in [0, 0.1) is 5.82 Å². The molecule has 2 aromatic carbocycles. The molecule has 1 heterocycles. The Balaban J connectivity index is 2.31. The Morgan fingerprint density at radius 3 is 2.12 bits per heavy atom. The smallest absolute Gasteiger partial charge is 0.351 e. The van der Waals surface area contributed by atoms with E-state index in [4.69, 9.17) is 0 Å². The van der Waals surface area contributed by atoms with Crippen LogP contribution in [-0.2, 0) is 0 Å². The Morgan fingerprint density at radius 1 is 0.920 bits per heavy atom. The molecule has 25 heavy (non-hydrogen) atoms. The van der Waals surface area contributed by atoms with Crippen LogP contribution in [0.5, 0.6) is 0 Å². The summed E-state index contributed by atoms with van der Waals surface area (Å²) in [5, 5.41) is 0. The maximum Gasteiger partial charge on any atom is 0.413 e. The van der Waals surface area contributed by atoms with Gasteiger partial charge in [0, 0.05) is 11.2 Å². The van der Waals surface area contributed by atoms with Crippen molar-refractivity contribution in [2.24, 2.45) is 0 Å². The van der Waals surface area contributed by atoms with Crippen molar-refractivity contribution in [2.45, 2.75) is 38.5 Å². The number of rotatable bonds is 1. The van der Waals surface area contributed by atoms with Crippen LogP contribution in [0.15, 0.2) is 48.5 Å². The molecule has 0 amide bonds. The second-order valence-corrected chi connectivity index (χ2v) is 7.15. The molecule has 1 aliphatic heterocycles. The molecule has 0 saturated heterocycles. The van der Waals surface area contributed by atoms with Gasteiger partial charge in [-0.05, 0) is 55.7 Å². The molecule has 0 saturated carbocycles. The molecule has 0 fully saturated rings. The highest BCUT2D eigenvalue weighted by Crippen LogP contribution is 2.49. The number of nitrogens with zero attached hydrogens (tertiary/aromatic N) is 1. The van der Waals surface area contributed by atoms with Gasteiger partial charge in [0.1, 0.15) is 5.82 Å². The summed E-state index contributed by atoms with van der Waals surface area (Å²) in [6.07, 6.45) is -2.85. The number of benzene rings is 2. The first-order valence-electron chi connectivity index (χ1n) is 8.01. The standard InChI is InChI=1S/C20H19F4N/c1-19(2,3)25-17(13-7-5-4-6-8-13)12-14-11-15(21)9-10-16(14)18(25)20(22,23)24/h4-12,18H,1-3H3. The Kier molecular flexibility index (Phi) is 4.13. The quantitative estimate of drug-likeness (QED) is 0.567. The van der Waals surface area contributed by atoms with Gasteiger partial charge in [0.05, 0.1) is 0 Å². The van der Waals surface area contributed by atoms with Gasteiger partial charge in [0.25, 0.3) is 0 Å². The van der Waals surface area contributed by atoms with E-state index in [2.05, 4.69) is 0 Å². The van der Waals surface area contributed by atoms with Crippen molar-refractivity contribution in [2.75, 3.05) is 0 Å². The van der Waals surface area contributed by atoms with Gasteiger partial charge in [-0.15, -0.1) is 0 Å². The average molecular weight is 349 g/mol. The first kappa shape index (κ1) is 17.5. The summed E-state index contributed by atoms with van der Waals surface area (Å²) in [6, 6.07) is 10.6. The first-order chi connectivity index (χ1) is 11.6. The van der Waals surface area contributed by atoms with E-state index in [1.807, 2.05) is 6.07 Å². The molecule has 0 bridgehead atoms. The van der Waals surface area contributed by atoms with E-state index in [0.717, 1.165) is 12.1 Å². The van der Waals surface area contributed by atoms with Gasteiger partial charge in [-0.1, -0.05) is 36.4 Å². The number of alkyl halides is 3. The third-order valence-electron chi connectivity index (χ3n) is 4.26. The fourth-order valence-electron chi connectivity index (χ4n) is 3.32. The predicted octanol–water partition coefficient (Wildman–Crippen LogP) is 6.04. The van der Waals surface area contributed by atoms with Gasteiger partial charge in [-0.25, -0.2) is 4.39 Å². The zero-order chi connectivity index (χ0) is 18.4. The largest absolute Gasteiger partial charge is 0.413 e. The van der Waals surface area contributed by atoms with Crippen LogP contribution in [0.1, 0.15) is 43.5 Å². The van der Waals surface area contributed by atoms with E-state index < -0.39 is 23.6 Å². The summed E-state index contributed by atoms with van der Waals surface area (Å²) < 4.78 is 55.7. The molecule has 2 aromatic rings. The summed E-state index contributed by atoms with van der Waals surface area (Å²) in [7, 11) is 0. The third kappa shape index (κ3) is 3.28. The minimum Gasteiger partial charge on any atom is -0.351 e. The van der Waals surface area contributed by atoms with Crippen LogP contribution in [-0.4, -0.2) is 16.6 Å². The monoisotopic (exact) mass is 349 g/mol.